The van der Waals surface area contributed by atoms with Crippen LogP contribution in [0.1, 0.15) is 32.6 Å². The van der Waals surface area contributed by atoms with Crippen LogP contribution < -0.4 is 5.32 Å². The molecule has 5 heteroatoms. The van der Waals surface area contributed by atoms with E-state index in [1.54, 1.807) is 0 Å². The Morgan fingerprint density at radius 3 is 2.88 bits per heavy atom. The first-order chi connectivity index (χ1) is 7.97. The second-order valence-corrected chi connectivity index (χ2v) is 5.49. The van der Waals surface area contributed by atoms with Crippen LogP contribution in [0.5, 0.6) is 0 Å². The van der Waals surface area contributed by atoms with E-state index in [1.807, 2.05) is 6.92 Å². The molecule has 0 bridgehead atoms. The zero-order chi connectivity index (χ0) is 12.6. The van der Waals surface area contributed by atoms with Crippen LogP contribution in [0.25, 0.3) is 0 Å². The molecule has 17 heavy (non-hydrogen) atoms. The predicted octanol–water partition coefficient (Wildman–Crippen LogP) is 2.24. The molecule has 1 aliphatic heterocycles. The maximum absolute atomic E-state index is 12.4. The zero-order valence-corrected chi connectivity index (χ0v) is 10.7. The Morgan fingerprint density at radius 1 is 1.59 bits per heavy atom. The summed E-state index contributed by atoms with van der Waals surface area (Å²) in [4.78, 5) is 25.4. The number of imide groups is 1. The second kappa shape index (κ2) is 4.33. The highest BCUT2D eigenvalue weighted by Crippen LogP contribution is 2.38. The molecular weight excluding hydrogens is 240 g/mol. The van der Waals surface area contributed by atoms with Gasteiger partial charge in [-0.2, -0.15) is 0 Å². The summed E-state index contributed by atoms with van der Waals surface area (Å²) in [5.41, 5.74) is -0.693. The molecule has 0 radical (unpaired) electrons. The van der Waals surface area contributed by atoms with E-state index in [0.29, 0.717) is 5.03 Å². The first kappa shape index (κ1) is 12.4. The highest BCUT2D eigenvalue weighted by molar-refractivity contribution is 6.30. The molecule has 4 nitrogen and oxygen atoms in total. The smallest absolute Gasteiger partial charge is 0.323 e. The fourth-order valence-electron chi connectivity index (χ4n) is 2.81. The molecule has 2 rings (SSSR count). The van der Waals surface area contributed by atoms with Crippen molar-refractivity contribution in [1.82, 2.24) is 10.2 Å². The number of halogens is 1. The van der Waals surface area contributed by atoms with Gasteiger partial charge in [0.25, 0.3) is 5.91 Å². The van der Waals surface area contributed by atoms with E-state index in [2.05, 4.69) is 11.9 Å². The molecule has 0 aromatic rings. The fourth-order valence-corrected chi connectivity index (χ4v) is 2.93. The lowest BCUT2D eigenvalue weighted by molar-refractivity contribution is -0.133. The number of hydrogen-bond acceptors (Lipinski definition) is 2. The number of hydrogen-bond donors (Lipinski definition) is 1. The monoisotopic (exact) mass is 256 g/mol. The molecule has 1 saturated carbocycles. The van der Waals surface area contributed by atoms with Crippen LogP contribution in [-0.4, -0.2) is 28.9 Å². The maximum atomic E-state index is 12.4. The number of carbonyl (C=O) groups excluding carboxylic acids is 2. The van der Waals surface area contributed by atoms with Crippen LogP contribution >= 0.6 is 11.6 Å². The molecule has 1 N–H and O–H groups in total. The Balaban J connectivity index is 2.24. The lowest BCUT2D eigenvalue weighted by atomic mass is 9.73. The highest BCUT2D eigenvalue weighted by atomic mass is 35.5. The lowest BCUT2D eigenvalue weighted by Gasteiger charge is -2.36. The SMILES string of the molecule is C=C(Cl)CN1C(=O)N[C@]2(CCCC[C@H]2C)C1=O. The summed E-state index contributed by atoms with van der Waals surface area (Å²) in [5.74, 6) is 0.0396. The minimum atomic E-state index is -0.693. The molecule has 0 unspecified atom stereocenters. The van der Waals surface area contributed by atoms with Crippen molar-refractivity contribution in [3.05, 3.63) is 11.6 Å². The molecule has 94 valence electrons. The van der Waals surface area contributed by atoms with Gasteiger partial charge in [-0.3, -0.25) is 9.69 Å². The molecule has 1 heterocycles. The maximum Gasteiger partial charge on any atom is 0.325 e. The van der Waals surface area contributed by atoms with E-state index in [9.17, 15) is 9.59 Å². The minimum Gasteiger partial charge on any atom is -0.323 e. The van der Waals surface area contributed by atoms with Crippen LogP contribution in [0.15, 0.2) is 11.6 Å². The summed E-state index contributed by atoms with van der Waals surface area (Å²) in [6.45, 7) is 5.65. The van der Waals surface area contributed by atoms with Crippen molar-refractivity contribution in [2.24, 2.45) is 5.92 Å². The standard InChI is InChI=1S/C12H17ClN2O2/c1-8-5-3-4-6-12(8)10(16)15(7-9(2)13)11(17)14-12/h8H,2-7H2,1H3,(H,14,17)/t8-,12+/m1/s1. The predicted molar refractivity (Wildman–Crippen MR) is 65.6 cm³/mol. The summed E-state index contributed by atoms with van der Waals surface area (Å²) in [5, 5.41) is 3.16. The van der Waals surface area contributed by atoms with Crippen molar-refractivity contribution in [1.29, 1.82) is 0 Å². The number of nitrogens with one attached hydrogen (secondary N) is 1. The molecule has 1 saturated heterocycles. The largest absolute Gasteiger partial charge is 0.325 e. The topological polar surface area (TPSA) is 49.4 Å². The minimum absolute atomic E-state index is 0.0979. The van der Waals surface area contributed by atoms with Crippen molar-refractivity contribution >= 4 is 23.5 Å². The molecule has 1 aliphatic carbocycles. The van der Waals surface area contributed by atoms with E-state index >= 15 is 0 Å². The van der Waals surface area contributed by atoms with Crippen LogP contribution in [0.4, 0.5) is 4.79 Å². The number of rotatable bonds is 2. The van der Waals surface area contributed by atoms with Crippen molar-refractivity contribution in [2.75, 3.05) is 6.54 Å². The highest BCUT2D eigenvalue weighted by Gasteiger charge is 2.54. The molecule has 3 amide bonds. The summed E-state index contributed by atoms with van der Waals surface area (Å²) in [7, 11) is 0. The van der Waals surface area contributed by atoms with Gasteiger partial charge in [0, 0.05) is 5.03 Å². The third-order valence-corrected chi connectivity index (χ3v) is 3.95. The van der Waals surface area contributed by atoms with E-state index in [-0.39, 0.29) is 24.4 Å². The Morgan fingerprint density at radius 2 is 2.29 bits per heavy atom. The van der Waals surface area contributed by atoms with Crippen molar-refractivity contribution in [3.63, 3.8) is 0 Å². The van der Waals surface area contributed by atoms with Crippen molar-refractivity contribution in [3.8, 4) is 0 Å². The molecule has 2 fully saturated rings. The average Bonchev–Trinajstić information content (AvgIpc) is 2.48. The summed E-state index contributed by atoms with van der Waals surface area (Å²) >= 11 is 5.68. The fraction of sp³-hybridized carbons (Fsp3) is 0.667. The van der Waals surface area contributed by atoms with Crippen LogP contribution in [-0.2, 0) is 4.79 Å². The van der Waals surface area contributed by atoms with Gasteiger partial charge in [0.1, 0.15) is 5.54 Å². The van der Waals surface area contributed by atoms with Gasteiger partial charge in [-0.05, 0) is 18.8 Å². The number of amides is 3. The normalized spacial score (nSPS) is 33.1. The van der Waals surface area contributed by atoms with Crippen molar-refractivity contribution < 1.29 is 9.59 Å². The van der Waals surface area contributed by atoms with Gasteiger partial charge in [0.2, 0.25) is 0 Å². The van der Waals surface area contributed by atoms with Gasteiger partial charge < -0.3 is 5.32 Å². The number of nitrogens with zero attached hydrogens (tertiary/aromatic N) is 1. The first-order valence-corrected chi connectivity index (χ1v) is 6.32. The molecule has 2 aliphatic rings. The van der Waals surface area contributed by atoms with Crippen molar-refractivity contribution in [2.45, 2.75) is 38.1 Å². The number of carbonyl (C=O) groups is 2. The summed E-state index contributed by atoms with van der Waals surface area (Å²) in [6, 6.07) is -0.342. The van der Waals surface area contributed by atoms with E-state index in [1.165, 1.54) is 4.90 Å². The molecule has 2 atom stereocenters. The second-order valence-electron chi connectivity index (χ2n) is 4.96. The summed E-state index contributed by atoms with van der Waals surface area (Å²) < 4.78 is 0. The third-order valence-electron chi connectivity index (χ3n) is 3.83. The zero-order valence-electron chi connectivity index (χ0n) is 9.96. The van der Waals surface area contributed by atoms with Gasteiger partial charge in [-0.15, -0.1) is 0 Å². The van der Waals surface area contributed by atoms with Gasteiger partial charge in [-0.1, -0.05) is 37.9 Å². The van der Waals surface area contributed by atoms with Gasteiger partial charge in [-0.25, -0.2) is 4.79 Å². The molecular formula is C12H17ClN2O2. The Kier molecular flexibility index (Phi) is 3.17. The first-order valence-electron chi connectivity index (χ1n) is 5.95. The van der Waals surface area contributed by atoms with Gasteiger partial charge in [0.15, 0.2) is 0 Å². The molecule has 0 aromatic carbocycles. The van der Waals surface area contributed by atoms with E-state index < -0.39 is 5.54 Å². The van der Waals surface area contributed by atoms with E-state index in [0.717, 1.165) is 25.7 Å². The average molecular weight is 257 g/mol. The lowest BCUT2D eigenvalue weighted by Crippen LogP contribution is -2.53. The number of urea groups is 1. The molecule has 0 aromatic heterocycles. The van der Waals surface area contributed by atoms with Gasteiger partial charge in [0.05, 0.1) is 6.54 Å². The van der Waals surface area contributed by atoms with Crippen LogP contribution in [0.3, 0.4) is 0 Å². The third kappa shape index (κ3) is 1.95. The summed E-state index contributed by atoms with van der Waals surface area (Å²) in [6.07, 6.45) is 3.80. The van der Waals surface area contributed by atoms with E-state index in [4.69, 9.17) is 11.6 Å². The molecule has 1 spiro atoms. The Labute approximate surface area is 106 Å². The Hall–Kier alpha value is -1.03. The quantitative estimate of drug-likeness (QED) is 0.771. The van der Waals surface area contributed by atoms with Crippen LogP contribution in [0.2, 0.25) is 0 Å². The van der Waals surface area contributed by atoms with Gasteiger partial charge >= 0.3 is 6.03 Å². The van der Waals surface area contributed by atoms with Crippen LogP contribution in [0, 0.1) is 5.92 Å². The Bertz CT molecular complexity index is 383.